The highest BCUT2D eigenvalue weighted by Crippen LogP contribution is 2.65. The van der Waals surface area contributed by atoms with Gasteiger partial charge in [-0.05, 0) is 144 Å². The van der Waals surface area contributed by atoms with Crippen molar-refractivity contribution in [3.05, 3.63) is 300 Å². The summed E-state index contributed by atoms with van der Waals surface area (Å²) in [5, 5.41) is 2.47. The fraction of sp³-hybridized carbons (Fsp3) is 0.0303. The van der Waals surface area contributed by atoms with Crippen LogP contribution >= 0.6 is 0 Å². The maximum atomic E-state index is 2.56. The predicted molar refractivity (Wildman–Crippen MR) is 282 cm³/mol. The van der Waals surface area contributed by atoms with Gasteiger partial charge in [-0.3, -0.25) is 0 Å². The molecule has 11 aromatic rings. The van der Waals surface area contributed by atoms with Gasteiger partial charge in [0.15, 0.2) is 0 Å². The lowest BCUT2D eigenvalue weighted by molar-refractivity contribution is 0.794. The Kier molecular flexibility index (Phi) is 8.60. The molecule has 68 heavy (non-hydrogen) atoms. The minimum Gasteiger partial charge on any atom is -0.310 e. The van der Waals surface area contributed by atoms with Crippen LogP contribution in [0.2, 0.25) is 0 Å². The Hall–Kier alpha value is -8.72. The number of para-hydroxylation sites is 3. The largest absolute Gasteiger partial charge is 0.310 e. The molecule has 0 saturated heterocycles. The van der Waals surface area contributed by atoms with Gasteiger partial charge in [-0.1, -0.05) is 194 Å². The average molecular weight is 865 g/mol. The molecule has 3 aliphatic rings. The summed E-state index contributed by atoms with van der Waals surface area (Å²) in [5.74, 6) is 0.130. The molecule has 1 spiro atoms. The SMILES string of the molecule is c1ccc(C2c3ccccc3-c3ccc(N(c4ccccc4)c4cc5c(c6ccccc46)-c4ccccc4C54c5ccccc5-c5cc(N(c6ccccc6)c6ccccc6)ccc54)cc32)cc1. The first-order valence-corrected chi connectivity index (χ1v) is 23.7. The van der Waals surface area contributed by atoms with Crippen LogP contribution in [0.15, 0.2) is 261 Å². The summed E-state index contributed by atoms with van der Waals surface area (Å²) in [6.07, 6.45) is 0. The zero-order valence-corrected chi connectivity index (χ0v) is 37.3. The van der Waals surface area contributed by atoms with Crippen molar-refractivity contribution in [1.82, 2.24) is 0 Å². The van der Waals surface area contributed by atoms with Crippen LogP contribution in [0, 0.1) is 0 Å². The lowest BCUT2D eigenvalue weighted by Gasteiger charge is -2.33. The summed E-state index contributed by atoms with van der Waals surface area (Å²) in [6.45, 7) is 0. The van der Waals surface area contributed by atoms with E-state index in [9.17, 15) is 0 Å². The van der Waals surface area contributed by atoms with E-state index in [0.29, 0.717) is 0 Å². The first kappa shape index (κ1) is 38.5. The van der Waals surface area contributed by atoms with Gasteiger partial charge in [-0.25, -0.2) is 0 Å². The summed E-state index contributed by atoms with van der Waals surface area (Å²) < 4.78 is 0. The van der Waals surface area contributed by atoms with E-state index >= 15 is 0 Å². The predicted octanol–water partition coefficient (Wildman–Crippen LogP) is 17.3. The number of nitrogens with zero attached hydrogens (tertiary/aromatic N) is 2. The molecule has 0 radical (unpaired) electrons. The number of rotatable bonds is 7. The Morgan fingerprint density at radius 2 is 0.765 bits per heavy atom. The molecule has 0 N–H and O–H groups in total. The van der Waals surface area contributed by atoms with Gasteiger partial charge in [0.05, 0.1) is 11.1 Å². The van der Waals surface area contributed by atoms with E-state index in [1.54, 1.807) is 0 Å². The van der Waals surface area contributed by atoms with Crippen LogP contribution in [-0.4, -0.2) is 0 Å². The molecule has 0 fully saturated rings. The Bertz CT molecular complexity index is 3710. The zero-order valence-electron chi connectivity index (χ0n) is 37.3. The maximum Gasteiger partial charge on any atom is 0.0726 e. The first-order chi connectivity index (χ1) is 33.8. The van der Waals surface area contributed by atoms with Crippen LogP contribution in [0.25, 0.3) is 44.2 Å². The lowest BCUT2D eigenvalue weighted by Crippen LogP contribution is -2.26. The van der Waals surface area contributed by atoms with Crippen LogP contribution in [0.1, 0.15) is 44.9 Å². The quantitative estimate of drug-likeness (QED) is 0.157. The van der Waals surface area contributed by atoms with E-state index in [-0.39, 0.29) is 5.92 Å². The monoisotopic (exact) mass is 864 g/mol. The van der Waals surface area contributed by atoms with E-state index < -0.39 is 5.41 Å². The molecule has 3 aliphatic carbocycles. The minimum absolute atomic E-state index is 0.130. The molecule has 318 valence electrons. The van der Waals surface area contributed by atoms with Crippen LogP contribution < -0.4 is 9.80 Å². The van der Waals surface area contributed by atoms with Gasteiger partial charge >= 0.3 is 0 Å². The van der Waals surface area contributed by atoms with Gasteiger partial charge < -0.3 is 9.80 Å². The second-order valence-corrected chi connectivity index (χ2v) is 18.3. The normalized spacial score (nSPS) is 15.6. The second kappa shape index (κ2) is 15.2. The van der Waals surface area contributed by atoms with E-state index in [4.69, 9.17) is 0 Å². The van der Waals surface area contributed by atoms with E-state index in [1.807, 2.05) is 0 Å². The van der Waals surface area contributed by atoms with Gasteiger partial charge in [0.1, 0.15) is 0 Å². The summed E-state index contributed by atoms with van der Waals surface area (Å²) >= 11 is 0. The van der Waals surface area contributed by atoms with Crippen molar-refractivity contribution in [2.45, 2.75) is 11.3 Å². The van der Waals surface area contributed by atoms with E-state index in [1.165, 1.54) is 83.1 Å². The molecule has 2 atom stereocenters. The van der Waals surface area contributed by atoms with Crippen molar-refractivity contribution < 1.29 is 0 Å². The van der Waals surface area contributed by atoms with Crippen molar-refractivity contribution in [1.29, 1.82) is 0 Å². The second-order valence-electron chi connectivity index (χ2n) is 18.3. The summed E-state index contributed by atoms with van der Waals surface area (Å²) in [7, 11) is 0. The molecule has 0 bridgehead atoms. The molecule has 2 unspecified atom stereocenters. The lowest BCUT2D eigenvalue weighted by atomic mass is 9.70. The molecule has 2 nitrogen and oxygen atoms in total. The molecule has 0 amide bonds. The Morgan fingerprint density at radius 3 is 1.46 bits per heavy atom. The highest BCUT2D eigenvalue weighted by atomic mass is 15.1. The standard InChI is InChI=1S/C66H44N2/c1-5-21-44(22-6-1)64-54-32-15-13-29-50(54)51-39-37-49(42-58(51)64)68(47-27-11-4-12-28-47)63-43-62-65(55-33-16-14-31-53(55)63)56-34-18-20-36-60(56)66(62)59-35-19-17-30-52(59)57-41-48(38-40-61(57)66)67(45-23-7-2-8-24-45)46-25-9-3-10-26-46/h1-43,64H. The van der Waals surface area contributed by atoms with Gasteiger partial charge in [0.25, 0.3) is 0 Å². The van der Waals surface area contributed by atoms with E-state index in [2.05, 4.69) is 271 Å². The molecule has 11 aromatic carbocycles. The van der Waals surface area contributed by atoms with Gasteiger partial charge in [0.2, 0.25) is 0 Å². The summed E-state index contributed by atoms with van der Waals surface area (Å²) in [6, 6.07) is 96.9. The van der Waals surface area contributed by atoms with Crippen molar-refractivity contribution in [3.63, 3.8) is 0 Å². The fourth-order valence-corrected chi connectivity index (χ4v) is 12.2. The Balaban J connectivity index is 1.03. The molecule has 0 saturated carbocycles. The minimum atomic E-state index is -0.570. The molecular formula is C66H44N2. The number of hydrogen-bond acceptors (Lipinski definition) is 2. The molecule has 2 heteroatoms. The fourth-order valence-electron chi connectivity index (χ4n) is 12.2. The van der Waals surface area contributed by atoms with Gasteiger partial charge in [-0.15, -0.1) is 0 Å². The summed E-state index contributed by atoms with van der Waals surface area (Å²) in [4.78, 5) is 4.90. The van der Waals surface area contributed by atoms with Crippen molar-refractivity contribution >= 4 is 44.9 Å². The van der Waals surface area contributed by atoms with Crippen molar-refractivity contribution in [2.75, 3.05) is 9.80 Å². The zero-order chi connectivity index (χ0) is 44.8. The maximum absolute atomic E-state index is 2.56. The topological polar surface area (TPSA) is 6.48 Å². The molecular weight excluding hydrogens is 821 g/mol. The van der Waals surface area contributed by atoms with Crippen LogP contribution in [0.5, 0.6) is 0 Å². The average Bonchev–Trinajstić information content (AvgIpc) is 4.01. The van der Waals surface area contributed by atoms with Crippen molar-refractivity contribution in [2.24, 2.45) is 0 Å². The highest BCUT2D eigenvalue weighted by Gasteiger charge is 2.52. The van der Waals surface area contributed by atoms with E-state index in [0.717, 1.165) is 34.1 Å². The smallest absolute Gasteiger partial charge is 0.0726 e. The number of fused-ring (bicyclic) bond motifs is 15. The Morgan fingerprint density at radius 1 is 0.279 bits per heavy atom. The molecule has 14 rings (SSSR count). The van der Waals surface area contributed by atoms with Gasteiger partial charge in [-0.2, -0.15) is 0 Å². The highest BCUT2D eigenvalue weighted by molar-refractivity contribution is 6.12. The Labute approximate surface area is 397 Å². The number of anilines is 6. The third-order valence-electron chi connectivity index (χ3n) is 14.9. The van der Waals surface area contributed by atoms with Gasteiger partial charge in [0, 0.05) is 39.7 Å². The molecule has 0 heterocycles. The van der Waals surface area contributed by atoms with Crippen LogP contribution in [-0.2, 0) is 5.41 Å². The number of hydrogen-bond donors (Lipinski definition) is 0. The third kappa shape index (κ3) is 5.52. The van der Waals surface area contributed by atoms with Crippen molar-refractivity contribution in [3.8, 4) is 33.4 Å². The van der Waals surface area contributed by atoms with Crippen LogP contribution in [0.3, 0.4) is 0 Å². The molecule has 0 aromatic heterocycles. The third-order valence-corrected chi connectivity index (χ3v) is 14.9. The van der Waals surface area contributed by atoms with Crippen LogP contribution in [0.4, 0.5) is 34.1 Å². The summed E-state index contributed by atoms with van der Waals surface area (Å²) in [5.41, 5.74) is 23.2. The molecule has 0 aliphatic heterocycles. The number of benzene rings is 11. The first-order valence-electron chi connectivity index (χ1n) is 23.7.